The zero-order valence-corrected chi connectivity index (χ0v) is 21.3. The average Bonchev–Trinajstić information content (AvgIpc) is 3.18. The summed E-state index contributed by atoms with van der Waals surface area (Å²) in [6.07, 6.45) is 3.00. The SMILES string of the molecule is CCCO[C@@H](c1ncc(C)cn1)[C@H](C)S(=O)(=O)Nc1nnc2n1[C@@H](COC)COc1ccc(F)cc1-2. The Hall–Kier alpha value is -3.16. The fraction of sp³-hybridized carbons (Fsp3) is 0.478. The van der Waals surface area contributed by atoms with E-state index in [9.17, 15) is 12.8 Å². The maximum absolute atomic E-state index is 14.1. The molecule has 0 bridgehead atoms. The van der Waals surface area contributed by atoms with Crippen molar-refractivity contribution in [2.24, 2.45) is 0 Å². The van der Waals surface area contributed by atoms with Crippen molar-refractivity contribution >= 4 is 16.0 Å². The highest BCUT2D eigenvalue weighted by Gasteiger charge is 2.36. The van der Waals surface area contributed by atoms with E-state index in [-0.39, 0.29) is 30.8 Å². The molecule has 2 aromatic heterocycles. The number of fused-ring (bicyclic) bond motifs is 3. The number of ether oxygens (including phenoxy) is 3. The van der Waals surface area contributed by atoms with Crippen LogP contribution in [0.3, 0.4) is 0 Å². The zero-order chi connectivity index (χ0) is 25.9. The van der Waals surface area contributed by atoms with Crippen LogP contribution in [0.5, 0.6) is 5.75 Å². The van der Waals surface area contributed by atoms with Crippen LogP contribution in [-0.2, 0) is 19.5 Å². The van der Waals surface area contributed by atoms with Crippen LogP contribution in [0, 0.1) is 12.7 Å². The van der Waals surface area contributed by atoms with Crippen molar-refractivity contribution in [3.05, 3.63) is 47.8 Å². The van der Waals surface area contributed by atoms with Crippen molar-refractivity contribution in [3.8, 4) is 17.1 Å². The number of aryl methyl sites for hydroxylation is 1. The summed E-state index contributed by atoms with van der Waals surface area (Å²) in [7, 11) is -2.56. The maximum atomic E-state index is 14.1. The van der Waals surface area contributed by atoms with Crippen molar-refractivity contribution in [2.45, 2.75) is 44.6 Å². The topological polar surface area (TPSA) is 130 Å². The number of aromatic nitrogens is 5. The van der Waals surface area contributed by atoms with Crippen LogP contribution in [0.25, 0.3) is 11.4 Å². The first-order chi connectivity index (χ1) is 17.2. The van der Waals surface area contributed by atoms with Crippen molar-refractivity contribution in [2.75, 3.05) is 31.7 Å². The predicted molar refractivity (Wildman–Crippen MR) is 130 cm³/mol. The Kier molecular flexibility index (Phi) is 7.81. The Morgan fingerprint density at radius 1 is 1.28 bits per heavy atom. The fourth-order valence-corrected chi connectivity index (χ4v) is 4.97. The molecule has 4 rings (SSSR count). The third kappa shape index (κ3) is 5.32. The van der Waals surface area contributed by atoms with Gasteiger partial charge in [0.2, 0.25) is 16.0 Å². The average molecular weight is 521 g/mol. The molecule has 3 aromatic rings. The van der Waals surface area contributed by atoms with Gasteiger partial charge in [0.25, 0.3) is 0 Å². The number of methoxy groups -OCH3 is 1. The highest BCUT2D eigenvalue weighted by molar-refractivity contribution is 7.93. The predicted octanol–water partition coefficient (Wildman–Crippen LogP) is 3.06. The van der Waals surface area contributed by atoms with Gasteiger partial charge in [-0.15, -0.1) is 10.2 Å². The molecule has 11 nitrogen and oxygen atoms in total. The molecule has 36 heavy (non-hydrogen) atoms. The van der Waals surface area contributed by atoms with E-state index in [1.807, 2.05) is 13.8 Å². The number of nitrogens with one attached hydrogen (secondary N) is 1. The van der Waals surface area contributed by atoms with Crippen LogP contribution in [0.4, 0.5) is 10.3 Å². The molecule has 0 radical (unpaired) electrons. The molecule has 0 unspecified atom stereocenters. The standard InChI is InChI=1S/C23H29FN6O5S/c1-5-8-34-20(21-25-10-14(2)11-26-21)15(3)36(31,32)29-23-28-27-22-18-9-16(24)6-7-19(18)35-13-17(12-33-4)30(22)23/h6-7,9-11,15,17,20H,5,8,12-13H2,1-4H3,(H,28,29)/t15-,17-,20+/m0/s1. The summed E-state index contributed by atoms with van der Waals surface area (Å²) in [6.45, 7) is 5.94. The van der Waals surface area contributed by atoms with Gasteiger partial charge in [-0.25, -0.2) is 22.8 Å². The maximum Gasteiger partial charge on any atom is 0.240 e. The molecule has 1 aliphatic rings. The number of benzene rings is 1. The quantitative estimate of drug-likeness (QED) is 0.428. The first-order valence-corrected chi connectivity index (χ1v) is 13.1. The number of rotatable bonds is 10. The normalized spacial score (nSPS) is 16.9. The van der Waals surface area contributed by atoms with Gasteiger partial charge in [-0.2, -0.15) is 0 Å². The van der Waals surface area contributed by atoms with E-state index in [4.69, 9.17) is 14.2 Å². The molecule has 0 fully saturated rings. The largest absolute Gasteiger partial charge is 0.491 e. The summed E-state index contributed by atoms with van der Waals surface area (Å²) < 4.78 is 62.2. The summed E-state index contributed by atoms with van der Waals surface area (Å²) >= 11 is 0. The lowest BCUT2D eigenvalue weighted by atomic mass is 10.2. The number of sulfonamides is 1. The molecule has 13 heteroatoms. The van der Waals surface area contributed by atoms with Gasteiger partial charge in [0.1, 0.15) is 29.5 Å². The number of hydrogen-bond acceptors (Lipinski definition) is 9. The van der Waals surface area contributed by atoms with Crippen LogP contribution in [0.15, 0.2) is 30.6 Å². The minimum atomic E-state index is -4.07. The van der Waals surface area contributed by atoms with Crippen LogP contribution >= 0.6 is 0 Å². The van der Waals surface area contributed by atoms with Gasteiger partial charge in [0.15, 0.2) is 11.6 Å². The van der Waals surface area contributed by atoms with E-state index in [2.05, 4.69) is 24.9 Å². The monoisotopic (exact) mass is 520 g/mol. The molecule has 1 N–H and O–H groups in total. The molecule has 1 aliphatic heterocycles. The summed E-state index contributed by atoms with van der Waals surface area (Å²) in [6, 6.07) is 3.58. The zero-order valence-electron chi connectivity index (χ0n) is 20.5. The smallest absolute Gasteiger partial charge is 0.240 e. The lowest BCUT2D eigenvalue weighted by Crippen LogP contribution is -2.35. The molecule has 0 amide bonds. The minimum absolute atomic E-state index is 0.0429. The fourth-order valence-electron chi connectivity index (χ4n) is 3.87. The molecule has 194 valence electrons. The molecule has 3 heterocycles. The molecule has 0 aliphatic carbocycles. The minimum Gasteiger partial charge on any atom is -0.491 e. The van der Waals surface area contributed by atoms with Crippen LogP contribution in [-0.4, -0.2) is 65.3 Å². The third-order valence-electron chi connectivity index (χ3n) is 5.74. The highest BCUT2D eigenvalue weighted by Crippen LogP contribution is 2.37. The van der Waals surface area contributed by atoms with E-state index >= 15 is 0 Å². The molecule has 0 spiro atoms. The molecular formula is C23H29FN6O5S. The molecule has 3 atom stereocenters. The summed E-state index contributed by atoms with van der Waals surface area (Å²) in [5.41, 5.74) is 1.20. The first kappa shape index (κ1) is 25.9. The van der Waals surface area contributed by atoms with Crippen molar-refractivity contribution in [1.29, 1.82) is 0 Å². The Morgan fingerprint density at radius 2 is 2.03 bits per heavy atom. The number of nitrogens with zero attached hydrogens (tertiary/aromatic N) is 5. The lowest BCUT2D eigenvalue weighted by Gasteiger charge is -2.24. The Bertz CT molecular complexity index is 1300. The van der Waals surface area contributed by atoms with Crippen molar-refractivity contribution in [1.82, 2.24) is 24.7 Å². The van der Waals surface area contributed by atoms with Gasteiger partial charge in [-0.05, 0) is 44.0 Å². The van der Waals surface area contributed by atoms with E-state index in [1.165, 1.54) is 32.2 Å². The first-order valence-electron chi connectivity index (χ1n) is 11.5. The van der Waals surface area contributed by atoms with Gasteiger partial charge in [0.05, 0.1) is 18.2 Å². The number of hydrogen-bond donors (Lipinski definition) is 1. The Morgan fingerprint density at radius 3 is 2.72 bits per heavy atom. The second kappa shape index (κ2) is 10.8. The van der Waals surface area contributed by atoms with Crippen LogP contribution in [0.2, 0.25) is 0 Å². The van der Waals surface area contributed by atoms with Gasteiger partial charge in [-0.3, -0.25) is 9.29 Å². The van der Waals surface area contributed by atoms with E-state index in [0.717, 1.165) is 5.56 Å². The highest BCUT2D eigenvalue weighted by atomic mass is 32.2. The summed E-state index contributed by atoms with van der Waals surface area (Å²) in [5, 5.41) is 7.18. The van der Waals surface area contributed by atoms with E-state index < -0.39 is 33.2 Å². The summed E-state index contributed by atoms with van der Waals surface area (Å²) in [4.78, 5) is 8.57. The Balaban J connectivity index is 1.70. The van der Waals surface area contributed by atoms with Gasteiger partial charge < -0.3 is 14.2 Å². The molecule has 1 aromatic carbocycles. The van der Waals surface area contributed by atoms with Crippen molar-refractivity contribution < 1.29 is 27.0 Å². The van der Waals surface area contributed by atoms with E-state index in [1.54, 1.807) is 17.0 Å². The number of anilines is 1. The second-order valence-corrected chi connectivity index (χ2v) is 10.6. The number of halogens is 1. The summed E-state index contributed by atoms with van der Waals surface area (Å²) in [5.74, 6) is 0.411. The van der Waals surface area contributed by atoms with E-state index in [0.29, 0.717) is 24.3 Å². The molecule has 0 saturated carbocycles. The lowest BCUT2D eigenvalue weighted by molar-refractivity contribution is 0.0466. The van der Waals surface area contributed by atoms with Crippen LogP contribution in [0.1, 0.15) is 43.8 Å². The molecule has 0 saturated heterocycles. The van der Waals surface area contributed by atoms with Crippen molar-refractivity contribution in [3.63, 3.8) is 0 Å². The van der Waals surface area contributed by atoms with Gasteiger partial charge in [-0.1, -0.05) is 6.92 Å². The third-order valence-corrected chi connectivity index (χ3v) is 7.43. The van der Waals surface area contributed by atoms with Gasteiger partial charge in [0, 0.05) is 26.1 Å². The Labute approximate surface area is 209 Å². The second-order valence-electron chi connectivity index (χ2n) is 8.54. The molecular weight excluding hydrogens is 491 g/mol. The van der Waals surface area contributed by atoms with Gasteiger partial charge >= 0.3 is 0 Å². The van der Waals surface area contributed by atoms with Crippen LogP contribution < -0.4 is 9.46 Å².